The Morgan fingerprint density at radius 2 is 1.23 bits per heavy atom. The zero-order chi connectivity index (χ0) is 44.1. The summed E-state index contributed by atoms with van der Waals surface area (Å²) in [5, 5.41) is 10.9. The third-order valence-corrected chi connectivity index (χ3v) is 14.6. The Bertz CT molecular complexity index is 3810. The molecule has 316 valence electrons. The second-order valence-corrected chi connectivity index (χ2v) is 20.5. The van der Waals surface area contributed by atoms with Gasteiger partial charge in [-0.3, -0.25) is 0 Å². The van der Waals surface area contributed by atoms with E-state index in [1.165, 1.54) is 60.1 Å². The van der Waals surface area contributed by atoms with Crippen LogP contribution in [0.2, 0.25) is 0 Å². The summed E-state index contributed by atoms with van der Waals surface area (Å²) in [6.45, 7) is 16.0. The lowest BCUT2D eigenvalue weighted by Crippen LogP contribution is -2.19. The van der Waals surface area contributed by atoms with Gasteiger partial charge in [0.2, 0.25) is 0 Å². The van der Waals surface area contributed by atoms with E-state index in [1.807, 2.05) is 0 Å². The van der Waals surface area contributed by atoms with Gasteiger partial charge in [-0.2, -0.15) is 0 Å². The van der Waals surface area contributed by atoms with E-state index in [-0.39, 0.29) is 16.7 Å². The number of hydrogen-bond donors (Lipinski definition) is 0. The third-order valence-electron chi connectivity index (χ3n) is 14.6. The lowest BCUT2D eigenvalue weighted by molar-refractivity contribution is 0.283. The number of aryl methyl sites for hydroxylation is 1. The number of rotatable bonds is 4. The molecule has 0 amide bonds. The van der Waals surface area contributed by atoms with Gasteiger partial charge in [0.1, 0.15) is 11.3 Å². The summed E-state index contributed by atoms with van der Waals surface area (Å²) < 4.78 is 14.2. The molecule has 3 heterocycles. The van der Waals surface area contributed by atoms with Gasteiger partial charge in [0.25, 0.3) is 0 Å². The number of hydrogen-bond acceptors (Lipinski definition) is 4. The monoisotopic (exact) mass is 842 g/mol. The predicted molar refractivity (Wildman–Crippen MR) is 275 cm³/mol. The molecule has 0 radical (unpaired) electrons. The molecule has 0 spiro atoms. The smallest absolute Gasteiger partial charge is 0.159 e. The van der Waals surface area contributed by atoms with Gasteiger partial charge < -0.3 is 18.6 Å². The summed E-state index contributed by atoms with van der Waals surface area (Å²) in [7, 11) is 0. The Hall–Kier alpha value is -7.30. The standard InChI is InChI=1S/C61H50N2O2/c1-35-16-8-10-24-47(35)62(51-26-14-20-41-39-18-12-22-45(60(2,3)4)56(39)64-58(41)51)49-32-30-37-34-44-38-17-9-11-25-48(38)63(50-33-29-36-28-31-43(49)53(37)54(36)55(44)50)52-27-15-21-42-40-19-13-23-46(61(5,6)7)57(40)65-59(42)52/h8-21,23-34,45H,22H2,1-7H3. The van der Waals surface area contributed by atoms with Crippen molar-refractivity contribution in [3.8, 4) is 11.1 Å². The second-order valence-electron chi connectivity index (χ2n) is 20.5. The van der Waals surface area contributed by atoms with Crippen molar-refractivity contribution in [2.24, 2.45) is 5.41 Å². The van der Waals surface area contributed by atoms with Crippen LogP contribution in [0.4, 0.5) is 34.1 Å². The fourth-order valence-corrected chi connectivity index (χ4v) is 11.5. The first-order valence-electron chi connectivity index (χ1n) is 23.1. The Morgan fingerprint density at radius 3 is 2.06 bits per heavy atom. The Labute approximate surface area is 379 Å². The summed E-state index contributed by atoms with van der Waals surface area (Å²) in [5.41, 5.74) is 15.5. The highest BCUT2D eigenvalue weighted by atomic mass is 16.3. The van der Waals surface area contributed by atoms with Gasteiger partial charge in [-0.1, -0.05) is 157 Å². The minimum atomic E-state index is -0.0730. The van der Waals surface area contributed by atoms with Crippen LogP contribution in [0.5, 0.6) is 0 Å². The van der Waals surface area contributed by atoms with Crippen molar-refractivity contribution in [1.29, 1.82) is 0 Å². The minimum Gasteiger partial charge on any atom is -0.458 e. The van der Waals surface area contributed by atoms with Gasteiger partial charge in [0.05, 0.1) is 28.4 Å². The van der Waals surface area contributed by atoms with Crippen LogP contribution in [-0.4, -0.2) is 0 Å². The van der Waals surface area contributed by atoms with Crippen molar-refractivity contribution in [3.63, 3.8) is 0 Å². The largest absolute Gasteiger partial charge is 0.458 e. The molecule has 4 nitrogen and oxygen atoms in total. The molecule has 9 aromatic carbocycles. The van der Waals surface area contributed by atoms with Crippen molar-refractivity contribution in [2.45, 2.75) is 66.2 Å². The third kappa shape index (κ3) is 5.37. The summed E-state index contributed by atoms with van der Waals surface area (Å²) in [4.78, 5) is 4.91. The second kappa shape index (κ2) is 13.4. The summed E-state index contributed by atoms with van der Waals surface area (Å²) >= 11 is 0. The molecule has 11 aromatic rings. The topological polar surface area (TPSA) is 32.8 Å². The lowest BCUT2D eigenvalue weighted by atomic mass is 9.74. The van der Waals surface area contributed by atoms with E-state index in [0.29, 0.717) is 0 Å². The molecule has 0 fully saturated rings. The molecule has 0 bridgehead atoms. The number of anilines is 6. The fourth-order valence-electron chi connectivity index (χ4n) is 11.5. The minimum absolute atomic E-state index is 0.0556. The molecule has 2 aromatic heterocycles. The summed E-state index contributed by atoms with van der Waals surface area (Å²) in [6, 6.07) is 53.9. The number of furan rings is 2. The summed E-state index contributed by atoms with van der Waals surface area (Å²) in [6.07, 6.45) is 5.58. The van der Waals surface area contributed by atoms with Crippen LogP contribution >= 0.6 is 0 Å². The predicted octanol–water partition coefficient (Wildman–Crippen LogP) is 18.3. The van der Waals surface area contributed by atoms with Crippen molar-refractivity contribution in [3.05, 3.63) is 174 Å². The highest BCUT2D eigenvalue weighted by Gasteiger charge is 2.35. The molecule has 65 heavy (non-hydrogen) atoms. The van der Waals surface area contributed by atoms with Crippen molar-refractivity contribution in [1.82, 2.24) is 0 Å². The van der Waals surface area contributed by atoms with E-state index in [0.717, 1.165) is 79.2 Å². The van der Waals surface area contributed by atoms with Crippen LogP contribution in [0.25, 0.3) is 82.4 Å². The molecule has 1 unspecified atom stereocenters. The van der Waals surface area contributed by atoms with Crippen LogP contribution in [-0.2, 0) is 5.41 Å². The van der Waals surface area contributed by atoms with Gasteiger partial charge in [-0.25, -0.2) is 0 Å². The molecule has 0 saturated carbocycles. The van der Waals surface area contributed by atoms with E-state index < -0.39 is 0 Å². The molecular weight excluding hydrogens is 793 g/mol. The highest BCUT2D eigenvalue weighted by Crippen LogP contribution is 2.57. The molecule has 4 heteroatoms. The number of benzene rings is 9. The molecule has 13 rings (SSSR count). The number of para-hydroxylation sites is 5. The van der Waals surface area contributed by atoms with Crippen LogP contribution in [0, 0.1) is 12.3 Å². The lowest BCUT2D eigenvalue weighted by Gasteiger charge is -2.34. The first-order chi connectivity index (χ1) is 31.5. The zero-order valence-electron chi connectivity index (χ0n) is 38.0. The number of allylic oxidation sites excluding steroid dienone is 1. The van der Waals surface area contributed by atoms with Crippen molar-refractivity contribution < 1.29 is 8.83 Å². The fraction of sp³-hybridized carbons (Fsp3) is 0.180. The quantitative estimate of drug-likeness (QED) is 0.165. The SMILES string of the molecule is Cc1ccccc1N(c1ccc2cc3c4c(ccc5ccc1c2c54)N(c1cccc2c1oc1c(C(C)(C)C)cccc12)c1ccccc1-3)c1cccc2c3c(oc12)C(C(C)(C)C)CC=C3. The molecule has 0 saturated heterocycles. The normalized spacial score (nSPS) is 15.0. The van der Waals surface area contributed by atoms with Gasteiger partial charge >= 0.3 is 0 Å². The zero-order valence-corrected chi connectivity index (χ0v) is 38.0. The Kier molecular flexibility index (Phi) is 7.85. The average molecular weight is 843 g/mol. The van der Waals surface area contributed by atoms with Crippen LogP contribution in [0.1, 0.15) is 76.3 Å². The van der Waals surface area contributed by atoms with Gasteiger partial charge in [0.15, 0.2) is 11.2 Å². The summed E-state index contributed by atoms with van der Waals surface area (Å²) in [5.74, 6) is 1.38. The van der Waals surface area contributed by atoms with E-state index in [9.17, 15) is 0 Å². The van der Waals surface area contributed by atoms with Crippen molar-refractivity contribution >= 4 is 105 Å². The van der Waals surface area contributed by atoms with Gasteiger partial charge in [-0.15, -0.1) is 0 Å². The molecule has 0 N–H and O–H groups in total. The van der Waals surface area contributed by atoms with Crippen LogP contribution in [0.15, 0.2) is 161 Å². The number of nitrogens with zero attached hydrogens (tertiary/aromatic N) is 2. The maximum Gasteiger partial charge on any atom is 0.159 e. The highest BCUT2D eigenvalue weighted by molar-refractivity contribution is 6.33. The maximum atomic E-state index is 7.16. The van der Waals surface area contributed by atoms with E-state index in [2.05, 4.69) is 216 Å². The molecule has 2 aliphatic rings. The van der Waals surface area contributed by atoms with Crippen LogP contribution < -0.4 is 9.80 Å². The van der Waals surface area contributed by atoms with Crippen molar-refractivity contribution in [2.75, 3.05) is 9.80 Å². The molecule has 1 aliphatic carbocycles. The van der Waals surface area contributed by atoms with E-state index in [1.54, 1.807) is 0 Å². The first kappa shape index (κ1) is 38.2. The van der Waals surface area contributed by atoms with Gasteiger partial charge in [0, 0.05) is 60.6 Å². The number of fused-ring (bicyclic) bond motifs is 8. The molecular formula is C61H50N2O2. The Morgan fingerprint density at radius 1 is 0.523 bits per heavy atom. The van der Waals surface area contributed by atoms with Crippen LogP contribution in [0.3, 0.4) is 0 Å². The van der Waals surface area contributed by atoms with Gasteiger partial charge in [-0.05, 0) is 93.9 Å². The molecule has 1 aliphatic heterocycles. The van der Waals surface area contributed by atoms with E-state index >= 15 is 0 Å². The maximum absolute atomic E-state index is 7.16. The average Bonchev–Trinajstić information content (AvgIpc) is 3.89. The Balaban J connectivity index is 1.08. The first-order valence-corrected chi connectivity index (χ1v) is 23.1. The van der Waals surface area contributed by atoms with E-state index in [4.69, 9.17) is 8.83 Å². The molecule has 1 atom stereocenters.